The van der Waals surface area contributed by atoms with Crippen LogP contribution in [0.5, 0.6) is 5.75 Å². The largest absolute Gasteiger partial charge is 0.482 e. The Morgan fingerprint density at radius 1 is 1.20 bits per heavy atom. The third kappa shape index (κ3) is 2.48. The number of pyridine rings is 1. The minimum absolute atomic E-state index is 0.117. The summed E-state index contributed by atoms with van der Waals surface area (Å²) < 4.78 is 5.50. The summed E-state index contributed by atoms with van der Waals surface area (Å²) in [5, 5.41) is 0.825. The van der Waals surface area contributed by atoms with Gasteiger partial charge in [-0.05, 0) is 24.3 Å². The summed E-state index contributed by atoms with van der Waals surface area (Å²) in [5.74, 6) is 0.888. The summed E-state index contributed by atoms with van der Waals surface area (Å²) in [6, 6.07) is 10.6. The van der Waals surface area contributed by atoms with Gasteiger partial charge in [0.2, 0.25) is 0 Å². The second-order valence-electron chi connectivity index (χ2n) is 4.11. The number of aromatic nitrogens is 3. The van der Waals surface area contributed by atoms with E-state index in [1.165, 1.54) is 0 Å². The van der Waals surface area contributed by atoms with Crippen molar-refractivity contribution < 1.29 is 4.74 Å². The Bertz CT molecular complexity index is 817. The fraction of sp³-hybridized carbons (Fsp3) is 0.0714. The van der Waals surface area contributed by atoms with E-state index in [0.717, 1.165) is 0 Å². The molecule has 2 heterocycles. The lowest BCUT2D eigenvalue weighted by Gasteiger charge is -2.07. The molecule has 20 heavy (non-hydrogen) atoms. The molecule has 0 bridgehead atoms. The highest BCUT2D eigenvalue weighted by Crippen LogP contribution is 2.21. The third-order valence-electron chi connectivity index (χ3n) is 2.75. The Kier molecular flexibility index (Phi) is 3.35. The normalized spacial score (nSPS) is 10.7. The molecule has 3 aromatic rings. The molecule has 0 amide bonds. The molecule has 5 nitrogen and oxygen atoms in total. The number of rotatable bonds is 3. The highest BCUT2D eigenvalue weighted by atomic mass is 35.5. The molecule has 0 saturated heterocycles. The fourth-order valence-electron chi connectivity index (χ4n) is 1.83. The molecule has 0 atom stereocenters. The number of hydrogen-bond acceptors (Lipinski definition) is 4. The van der Waals surface area contributed by atoms with Crippen LogP contribution < -0.4 is 10.3 Å². The molecule has 1 aromatic carbocycles. The van der Waals surface area contributed by atoms with Crippen LogP contribution >= 0.6 is 11.6 Å². The second-order valence-corrected chi connectivity index (χ2v) is 4.47. The van der Waals surface area contributed by atoms with E-state index in [9.17, 15) is 4.79 Å². The van der Waals surface area contributed by atoms with Crippen molar-refractivity contribution in [3.8, 4) is 5.75 Å². The number of nitrogens with zero attached hydrogens (tertiary/aromatic N) is 2. The Morgan fingerprint density at radius 2 is 2.05 bits per heavy atom. The van der Waals surface area contributed by atoms with E-state index in [4.69, 9.17) is 16.3 Å². The maximum Gasteiger partial charge on any atom is 0.258 e. The van der Waals surface area contributed by atoms with Gasteiger partial charge in [-0.3, -0.25) is 4.79 Å². The molecule has 0 saturated carbocycles. The average Bonchev–Trinajstić information content (AvgIpc) is 2.46. The number of H-pyrrole nitrogens is 1. The Labute approximate surface area is 119 Å². The van der Waals surface area contributed by atoms with Gasteiger partial charge in [0.15, 0.2) is 10.9 Å². The van der Waals surface area contributed by atoms with E-state index in [-0.39, 0.29) is 17.3 Å². The van der Waals surface area contributed by atoms with Gasteiger partial charge >= 0.3 is 0 Å². The quantitative estimate of drug-likeness (QED) is 0.752. The maximum atomic E-state index is 11.9. The fourth-order valence-corrected chi connectivity index (χ4v) is 2.00. The maximum absolute atomic E-state index is 11.9. The van der Waals surface area contributed by atoms with Crippen LogP contribution in [-0.2, 0) is 6.61 Å². The number of hydrogen-bond donors (Lipinski definition) is 1. The summed E-state index contributed by atoms with van der Waals surface area (Å²) in [6.07, 6.45) is 1.57. The first kappa shape index (κ1) is 12.6. The molecule has 0 fully saturated rings. The van der Waals surface area contributed by atoms with Crippen molar-refractivity contribution in [3.05, 3.63) is 63.9 Å². The highest BCUT2D eigenvalue weighted by Gasteiger charge is 2.06. The van der Waals surface area contributed by atoms with Gasteiger partial charge in [-0.2, -0.15) is 0 Å². The number of halogens is 1. The summed E-state index contributed by atoms with van der Waals surface area (Å²) in [4.78, 5) is 22.8. The summed E-state index contributed by atoms with van der Waals surface area (Å²) >= 11 is 5.89. The molecule has 0 spiro atoms. The van der Waals surface area contributed by atoms with Crippen molar-refractivity contribution in [3.63, 3.8) is 0 Å². The van der Waals surface area contributed by atoms with Gasteiger partial charge in [-0.15, -0.1) is 0 Å². The van der Waals surface area contributed by atoms with E-state index >= 15 is 0 Å². The topological polar surface area (TPSA) is 67.9 Å². The molecule has 100 valence electrons. The molecule has 0 aliphatic heterocycles. The van der Waals surface area contributed by atoms with Crippen molar-refractivity contribution in [2.45, 2.75) is 6.61 Å². The number of ether oxygens (including phenoxy) is 1. The number of benzene rings is 1. The van der Waals surface area contributed by atoms with Crippen LogP contribution in [0.3, 0.4) is 0 Å². The number of fused-ring (bicyclic) bond motifs is 1. The van der Waals surface area contributed by atoms with Gasteiger partial charge in [0, 0.05) is 6.20 Å². The minimum atomic E-state index is -0.188. The zero-order valence-corrected chi connectivity index (χ0v) is 11.1. The predicted molar refractivity (Wildman–Crippen MR) is 75.9 cm³/mol. The first-order valence-electron chi connectivity index (χ1n) is 5.95. The lowest BCUT2D eigenvalue weighted by molar-refractivity contribution is 0.295. The minimum Gasteiger partial charge on any atom is -0.482 e. The molecule has 3 rings (SSSR count). The van der Waals surface area contributed by atoms with Gasteiger partial charge < -0.3 is 9.72 Å². The average molecular weight is 288 g/mol. The molecular weight excluding hydrogens is 278 g/mol. The first-order chi connectivity index (χ1) is 9.74. The van der Waals surface area contributed by atoms with E-state index in [0.29, 0.717) is 22.5 Å². The van der Waals surface area contributed by atoms with Gasteiger partial charge in [-0.1, -0.05) is 23.7 Å². The van der Waals surface area contributed by atoms with E-state index < -0.39 is 0 Å². The molecule has 0 unspecified atom stereocenters. The van der Waals surface area contributed by atoms with Gasteiger partial charge in [0.25, 0.3) is 5.56 Å². The van der Waals surface area contributed by atoms with Crippen molar-refractivity contribution in [1.82, 2.24) is 15.0 Å². The smallest absolute Gasteiger partial charge is 0.258 e. The molecule has 6 heteroatoms. The van der Waals surface area contributed by atoms with Crippen LogP contribution in [0, 0.1) is 0 Å². The standard InChI is InChI=1S/C14H10ClN3O2/c15-13-11(6-3-7-16-13)20-8-12-17-10-5-2-1-4-9(10)14(19)18-12/h1-7H,8H2,(H,17,18,19). The molecule has 0 radical (unpaired) electrons. The van der Waals surface area contributed by atoms with Gasteiger partial charge in [-0.25, -0.2) is 9.97 Å². The van der Waals surface area contributed by atoms with E-state index in [1.54, 1.807) is 36.5 Å². The molecule has 0 aliphatic carbocycles. The Hall–Kier alpha value is -2.40. The van der Waals surface area contributed by atoms with Crippen LogP contribution in [0.25, 0.3) is 10.9 Å². The van der Waals surface area contributed by atoms with Crippen LogP contribution in [0.15, 0.2) is 47.4 Å². The van der Waals surface area contributed by atoms with Crippen LogP contribution in [0.2, 0.25) is 5.15 Å². The molecule has 0 aliphatic rings. The number of aromatic amines is 1. The number of para-hydroxylation sites is 1. The van der Waals surface area contributed by atoms with Gasteiger partial charge in [0.1, 0.15) is 12.4 Å². The third-order valence-corrected chi connectivity index (χ3v) is 3.04. The van der Waals surface area contributed by atoms with Crippen molar-refractivity contribution in [2.24, 2.45) is 0 Å². The first-order valence-corrected chi connectivity index (χ1v) is 6.33. The van der Waals surface area contributed by atoms with E-state index in [1.807, 2.05) is 6.07 Å². The van der Waals surface area contributed by atoms with Crippen LogP contribution in [0.1, 0.15) is 5.82 Å². The lowest BCUT2D eigenvalue weighted by Crippen LogP contribution is -2.13. The van der Waals surface area contributed by atoms with Crippen molar-refractivity contribution in [2.75, 3.05) is 0 Å². The van der Waals surface area contributed by atoms with E-state index in [2.05, 4.69) is 15.0 Å². The van der Waals surface area contributed by atoms with Gasteiger partial charge in [0.05, 0.1) is 10.9 Å². The summed E-state index contributed by atoms with van der Waals surface area (Å²) in [6.45, 7) is 0.117. The monoisotopic (exact) mass is 287 g/mol. The van der Waals surface area contributed by atoms with Crippen molar-refractivity contribution >= 4 is 22.5 Å². The van der Waals surface area contributed by atoms with Crippen LogP contribution in [-0.4, -0.2) is 15.0 Å². The molecular formula is C14H10ClN3O2. The predicted octanol–water partition coefficient (Wildman–Crippen LogP) is 2.55. The Morgan fingerprint density at radius 3 is 2.90 bits per heavy atom. The summed E-state index contributed by atoms with van der Waals surface area (Å²) in [7, 11) is 0. The molecule has 2 aromatic heterocycles. The highest BCUT2D eigenvalue weighted by molar-refractivity contribution is 6.30. The lowest BCUT2D eigenvalue weighted by atomic mass is 10.2. The van der Waals surface area contributed by atoms with Crippen molar-refractivity contribution in [1.29, 1.82) is 0 Å². The SMILES string of the molecule is O=c1[nH]c(COc2cccnc2Cl)nc2ccccc12. The van der Waals surface area contributed by atoms with Crippen LogP contribution in [0.4, 0.5) is 0 Å². The zero-order chi connectivity index (χ0) is 13.9. The zero-order valence-electron chi connectivity index (χ0n) is 10.3. The summed E-state index contributed by atoms with van der Waals surface area (Å²) in [5.41, 5.74) is 0.443. The second kappa shape index (κ2) is 5.30. The molecule has 1 N–H and O–H groups in total. The Balaban J connectivity index is 1.88. The number of nitrogens with one attached hydrogen (secondary N) is 1.